The number of benzene rings is 2. The molecule has 0 unspecified atom stereocenters. The molecule has 7 heteroatoms. The third-order valence-electron chi connectivity index (χ3n) is 5.08. The molecule has 156 valence electrons. The number of hydrogen-bond donors (Lipinski definition) is 2. The molecule has 1 aliphatic rings. The van der Waals surface area contributed by atoms with Gasteiger partial charge in [-0.2, -0.15) is 0 Å². The first-order valence-corrected chi connectivity index (χ1v) is 9.78. The largest absolute Gasteiger partial charge is 0.347 e. The predicted octanol–water partition coefficient (Wildman–Crippen LogP) is 2.66. The summed E-state index contributed by atoms with van der Waals surface area (Å²) in [7, 11) is 0. The summed E-state index contributed by atoms with van der Waals surface area (Å²) in [4.78, 5) is 50.2. The number of rotatable bonds is 6. The van der Waals surface area contributed by atoms with Gasteiger partial charge in [-0.3, -0.25) is 24.1 Å². The zero-order chi connectivity index (χ0) is 22.0. The molecular weight excluding hydrogens is 382 g/mol. The van der Waals surface area contributed by atoms with E-state index >= 15 is 0 Å². The van der Waals surface area contributed by atoms with E-state index in [1.165, 1.54) is 0 Å². The van der Waals surface area contributed by atoms with Crippen LogP contribution in [0.4, 0.5) is 5.69 Å². The van der Waals surface area contributed by atoms with Gasteiger partial charge in [0.1, 0.15) is 0 Å². The van der Waals surface area contributed by atoms with Gasteiger partial charge >= 0.3 is 0 Å². The van der Waals surface area contributed by atoms with E-state index in [-0.39, 0.29) is 25.4 Å². The van der Waals surface area contributed by atoms with E-state index in [2.05, 4.69) is 10.6 Å². The molecule has 7 nitrogen and oxygen atoms in total. The summed E-state index contributed by atoms with van der Waals surface area (Å²) in [5.74, 6) is -1.54. The van der Waals surface area contributed by atoms with E-state index in [1.807, 2.05) is 39.8 Å². The summed E-state index contributed by atoms with van der Waals surface area (Å²) in [6.45, 7) is 7.44. The van der Waals surface area contributed by atoms with E-state index < -0.39 is 17.7 Å². The molecule has 0 atom stereocenters. The molecule has 0 radical (unpaired) electrons. The maximum atomic E-state index is 12.4. The molecular formula is C23H25N3O4. The van der Waals surface area contributed by atoms with Crippen LogP contribution < -0.4 is 10.6 Å². The third kappa shape index (κ3) is 4.40. The van der Waals surface area contributed by atoms with Gasteiger partial charge in [0.15, 0.2) is 0 Å². The summed E-state index contributed by atoms with van der Waals surface area (Å²) in [5, 5.41) is 5.35. The van der Waals surface area contributed by atoms with E-state index in [4.69, 9.17) is 0 Å². The van der Waals surface area contributed by atoms with Gasteiger partial charge in [-0.05, 0) is 51.0 Å². The standard InChI is InChI=1S/C23H25N3O4/c1-13-5-6-17-18(11-13)23(30)26(22(17)29)8-7-19(27)24-12-20(28)25-21-15(3)9-14(2)10-16(21)4/h5-6,9-11H,7-8,12H2,1-4H3,(H,24,27)(H,25,28). The lowest BCUT2D eigenvalue weighted by molar-refractivity contribution is -0.124. The van der Waals surface area contributed by atoms with Crippen molar-refractivity contribution in [1.82, 2.24) is 10.2 Å². The van der Waals surface area contributed by atoms with Crippen molar-refractivity contribution in [3.05, 3.63) is 63.7 Å². The average molecular weight is 407 g/mol. The van der Waals surface area contributed by atoms with Gasteiger partial charge in [-0.1, -0.05) is 29.3 Å². The van der Waals surface area contributed by atoms with Crippen LogP contribution in [-0.4, -0.2) is 41.6 Å². The van der Waals surface area contributed by atoms with Crippen molar-refractivity contribution in [2.75, 3.05) is 18.4 Å². The average Bonchev–Trinajstić information content (AvgIpc) is 2.91. The highest BCUT2D eigenvalue weighted by Crippen LogP contribution is 2.24. The topological polar surface area (TPSA) is 95.6 Å². The first-order chi connectivity index (χ1) is 14.2. The Morgan fingerprint density at radius 2 is 1.47 bits per heavy atom. The van der Waals surface area contributed by atoms with Gasteiger partial charge in [-0.15, -0.1) is 0 Å². The maximum Gasteiger partial charge on any atom is 0.261 e. The molecule has 0 saturated heterocycles. The molecule has 0 bridgehead atoms. The van der Waals surface area contributed by atoms with E-state index in [0.29, 0.717) is 11.1 Å². The molecule has 2 N–H and O–H groups in total. The maximum absolute atomic E-state index is 12.4. The van der Waals surface area contributed by atoms with Gasteiger partial charge < -0.3 is 10.6 Å². The van der Waals surface area contributed by atoms with Crippen LogP contribution in [0.2, 0.25) is 0 Å². The fourth-order valence-electron chi connectivity index (χ4n) is 3.65. The minimum atomic E-state index is -0.407. The Bertz CT molecular complexity index is 1040. The Morgan fingerprint density at radius 1 is 0.833 bits per heavy atom. The number of anilines is 1. The summed E-state index contributed by atoms with van der Waals surface area (Å²) in [6.07, 6.45) is -0.0691. The highest BCUT2D eigenvalue weighted by molar-refractivity contribution is 6.21. The van der Waals surface area contributed by atoms with E-state index in [0.717, 1.165) is 32.8 Å². The fourth-order valence-corrected chi connectivity index (χ4v) is 3.65. The Balaban J connectivity index is 1.51. The van der Waals surface area contributed by atoms with Crippen LogP contribution in [0.1, 0.15) is 49.4 Å². The SMILES string of the molecule is Cc1cc(C)c(NC(=O)CNC(=O)CCN2C(=O)c3ccc(C)cc3C2=O)c(C)c1. The minimum absolute atomic E-state index is 0.0327. The second-order valence-electron chi connectivity index (χ2n) is 7.66. The van der Waals surface area contributed by atoms with E-state index in [9.17, 15) is 19.2 Å². The van der Waals surface area contributed by atoms with Gasteiger partial charge in [0, 0.05) is 18.7 Å². The number of carbonyl (C=O) groups excluding carboxylic acids is 4. The van der Waals surface area contributed by atoms with Crippen LogP contribution in [0, 0.1) is 27.7 Å². The first kappa shape index (κ1) is 21.2. The van der Waals surface area contributed by atoms with Crippen LogP contribution in [0.15, 0.2) is 30.3 Å². The van der Waals surface area contributed by atoms with Crippen molar-refractivity contribution < 1.29 is 19.2 Å². The third-order valence-corrected chi connectivity index (χ3v) is 5.08. The van der Waals surface area contributed by atoms with E-state index in [1.54, 1.807) is 18.2 Å². The van der Waals surface area contributed by atoms with Crippen LogP contribution in [0.5, 0.6) is 0 Å². The number of aryl methyl sites for hydroxylation is 4. The molecule has 3 rings (SSSR count). The number of fused-ring (bicyclic) bond motifs is 1. The lowest BCUT2D eigenvalue weighted by Gasteiger charge is -2.14. The predicted molar refractivity (Wildman–Crippen MR) is 113 cm³/mol. The molecule has 0 fully saturated rings. The first-order valence-electron chi connectivity index (χ1n) is 9.78. The van der Waals surface area contributed by atoms with Crippen molar-refractivity contribution in [2.24, 2.45) is 0 Å². The van der Waals surface area contributed by atoms with Crippen LogP contribution in [0.3, 0.4) is 0 Å². The molecule has 1 heterocycles. The van der Waals surface area contributed by atoms with Crippen LogP contribution in [0.25, 0.3) is 0 Å². The molecule has 0 saturated carbocycles. The fraction of sp³-hybridized carbons (Fsp3) is 0.304. The number of carbonyl (C=O) groups is 4. The Morgan fingerprint density at radius 3 is 2.13 bits per heavy atom. The second-order valence-corrected chi connectivity index (χ2v) is 7.66. The Hall–Kier alpha value is -3.48. The number of imide groups is 1. The molecule has 30 heavy (non-hydrogen) atoms. The Kier molecular flexibility index (Phi) is 6.01. The molecule has 2 aromatic carbocycles. The van der Waals surface area contributed by atoms with Crippen molar-refractivity contribution in [1.29, 1.82) is 0 Å². The quantitative estimate of drug-likeness (QED) is 0.720. The zero-order valence-corrected chi connectivity index (χ0v) is 17.6. The van der Waals surface area contributed by atoms with Crippen molar-refractivity contribution in [3.8, 4) is 0 Å². The summed E-state index contributed by atoms with van der Waals surface area (Å²) in [5.41, 5.74) is 5.36. The normalized spacial score (nSPS) is 12.7. The van der Waals surface area contributed by atoms with Crippen LogP contribution >= 0.6 is 0 Å². The lowest BCUT2D eigenvalue weighted by Crippen LogP contribution is -2.37. The van der Waals surface area contributed by atoms with Crippen molar-refractivity contribution in [3.63, 3.8) is 0 Å². The smallest absolute Gasteiger partial charge is 0.261 e. The molecule has 1 aliphatic heterocycles. The lowest BCUT2D eigenvalue weighted by atomic mass is 10.1. The number of amides is 4. The van der Waals surface area contributed by atoms with Gasteiger partial charge in [0.25, 0.3) is 11.8 Å². The summed E-state index contributed by atoms with van der Waals surface area (Å²) >= 11 is 0. The molecule has 0 aromatic heterocycles. The molecule has 0 spiro atoms. The minimum Gasteiger partial charge on any atom is -0.347 e. The molecule has 4 amide bonds. The monoisotopic (exact) mass is 407 g/mol. The van der Waals surface area contributed by atoms with Crippen molar-refractivity contribution in [2.45, 2.75) is 34.1 Å². The molecule has 0 aliphatic carbocycles. The highest BCUT2D eigenvalue weighted by atomic mass is 16.2. The van der Waals surface area contributed by atoms with Gasteiger partial charge in [0.05, 0.1) is 17.7 Å². The van der Waals surface area contributed by atoms with Gasteiger partial charge in [-0.25, -0.2) is 0 Å². The summed E-state index contributed by atoms with van der Waals surface area (Å²) < 4.78 is 0. The second kappa shape index (κ2) is 8.49. The highest BCUT2D eigenvalue weighted by Gasteiger charge is 2.35. The van der Waals surface area contributed by atoms with Crippen molar-refractivity contribution >= 4 is 29.3 Å². The van der Waals surface area contributed by atoms with Gasteiger partial charge in [0.2, 0.25) is 11.8 Å². The van der Waals surface area contributed by atoms with Crippen LogP contribution in [-0.2, 0) is 9.59 Å². The Labute approximate surface area is 175 Å². The zero-order valence-electron chi connectivity index (χ0n) is 17.6. The number of nitrogens with one attached hydrogen (secondary N) is 2. The number of hydrogen-bond acceptors (Lipinski definition) is 4. The molecule has 2 aromatic rings. The summed E-state index contributed by atoms with van der Waals surface area (Å²) in [6, 6.07) is 9.03. The number of nitrogens with zero attached hydrogens (tertiary/aromatic N) is 1.